The second kappa shape index (κ2) is 5.11. The first-order valence-electron chi connectivity index (χ1n) is 5.92. The summed E-state index contributed by atoms with van der Waals surface area (Å²) in [7, 11) is 0. The van der Waals surface area contributed by atoms with Gasteiger partial charge in [0, 0.05) is 17.8 Å². The van der Waals surface area contributed by atoms with Crippen molar-refractivity contribution in [2.24, 2.45) is 0 Å². The Bertz CT molecular complexity index is 447. The monoisotopic (exact) mass is 215 g/mol. The molecule has 2 rings (SSSR count). The number of benzene rings is 1. The molecule has 1 nitrogen and oxygen atoms in total. The lowest BCUT2D eigenvalue weighted by atomic mass is 9.84. The molecule has 0 N–H and O–H groups in total. The first-order chi connectivity index (χ1) is 7.59. The lowest BCUT2D eigenvalue weighted by Crippen LogP contribution is -2.11. The number of aromatic nitrogens is 1. The van der Waals surface area contributed by atoms with Crippen LogP contribution in [0.15, 0.2) is 36.7 Å². The fourth-order valence-corrected chi connectivity index (χ4v) is 1.77. The standard InChI is InChI=1S/C13H15N.C2H6/c1-13(2,3)12-6-4-5-10-7-8-14-9-11(10)12;1-2/h4-9H,1-3H3;1-2H3. The zero-order valence-corrected chi connectivity index (χ0v) is 10.9. The van der Waals surface area contributed by atoms with E-state index < -0.39 is 0 Å². The molecule has 0 spiro atoms. The molecule has 1 aromatic heterocycles. The van der Waals surface area contributed by atoms with Crippen LogP contribution in [0.5, 0.6) is 0 Å². The molecule has 86 valence electrons. The number of pyridine rings is 1. The molecule has 0 aliphatic heterocycles. The van der Waals surface area contributed by atoms with Gasteiger partial charge in [0.15, 0.2) is 0 Å². The summed E-state index contributed by atoms with van der Waals surface area (Å²) in [4.78, 5) is 4.19. The van der Waals surface area contributed by atoms with Crippen molar-refractivity contribution in [3.8, 4) is 0 Å². The number of hydrogen-bond acceptors (Lipinski definition) is 1. The first kappa shape index (κ1) is 12.7. The van der Waals surface area contributed by atoms with Crippen LogP contribution in [0.2, 0.25) is 0 Å². The van der Waals surface area contributed by atoms with Gasteiger partial charge in [0.1, 0.15) is 0 Å². The van der Waals surface area contributed by atoms with Crippen LogP contribution < -0.4 is 0 Å². The highest BCUT2D eigenvalue weighted by Crippen LogP contribution is 2.28. The van der Waals surface area contributed by atoms with Gasteiger partial charge in [-0.1, -0.05) is 52.8 Å². The van der Waals surface area contributed by atoms with Gasteiger partial charge in [-0.25, -0.2) is 0 Å². The van der Waals surface area contributed by atoms with Crippen LogP contribution in [0.4, 0.5) is 0 Å². The number of rotatable bonds is 0. The number of nitrogens with zero attached hydrogens (tertiary/aromatic N) is 1. The average Bonchev–Trinajstić information content (AvgIpc) is 2.30. The normalized spacial score (nSPS) is 10.8. The van der Waals surface area contributed by atoms with Crippen molar-refractivity contribution in [1.29, 1.82) is 0 Å². The van der Waals surface area contributed by atoms with Crippen molar-refractivity contribution in [3.05, 3.63) is 42.2 Å². The molecule has 0 saturated heterocycles. The first-order valence-corrected chi connectivity index (χ1v) is 5.92. The van der Waals surface area contributed by atoms with E-state index in [9.17, 15) is 0 Å². The van der Waals surface area contributed by atoms with E-state index in [2.05, 4.69) is 50.0 Å². The Balaban J connectivity index is 0.000000606. The maximum atomic E-state index is 4.19. The highest BCUT2D eigenvalue weighted by atomic mass is 14.6. The molecule has 16 heavy (non-hydrogen) atoms. The van der Waals surface area contributed by atoms with E-state index >= 15 is 0 Å². The fraction of sp³-hybridized carbons (Fsp3) is 0.400. The second-order valence-electron chi connectivity index (χ2n) is 4.65. The van der Waals surface area contributed by atoms with E-state index in [1.54, 1.807) is 0 Å². The molecule has 0 radical (unpaired) electrons. The summed E-state index contributed by atoms with van der Waals surface area (Å²) in [6.07, 6.45) is 3.80. The molecular weight excluding hydrogens is 194 g/mol. The van der Waals surface area contributed by atoms with Gasteiger partial charge < -0.3 is 0 Å². The van der Waals surface area contributed by atoms with Crippen molar-refractivity contribution >= 4 is 10.8 Å². The third kappa shape index (κ3) is 2.60. The third-order valence-corrected chi connectivity index (χ3v) is 2.49. The molecule has 1 heteroatoms. The number of fused-ring (bicyclic) bond motifs is 1. The molecule has 0 atom stereocenters. The molecule has 1 heterocycles. The van der Waals surface area contributed by atoms with Crippen molar-refractivity contribution in [2.75, 3.05) is 0 Å². The minimum atomic E-state index is 0.183. The molecule has 1 aromatic carbocycles. The van der Waals surface area contributed by atoms with E-state index in [1.165, 1.54) is 16.3 Å². The Labute approximate surface area is 98.5 Å². The molecular formula is C15H21N. The van der Waals surface area contributed by atoms with Gasteiger partial charge in [0.25, 0.3) is 0 Å². The van der Waals surface area contributed by atoms with E-state index in [0.29, 0.717) is 0 Å². The van der Waals surface area contributed by atoms with Crippen LogP contribution in [0.3, 0.4) is 0 Å². The van der Waals surface area contributed by atoms with Gasteiger partial charge in [0.05, 0.1) is 0 Å². The maximum Gasteiger partial charge on any atom is 0.0349 e. The van der Waals surface area contributed by atoms with E-state index in [1.807, 2.05) is 26.2 Å². The Morgan fingerprint density at radius 1 is 1.00 bits per heavy atom. The minimum absolute atomic E-state index is 0.183. The highest BCUT2D eigenvalue weighted by Gasteiger charge is 2.15. The predicted molar refractivity (Wildman–Crippen MR) is 71.8 cm³/mol. The molecule has 2 aromatic rings. The minimum Gasteiger partial charge on any atom is -0.264 e. The van der Waals surface area contributed by atoms with Gasteiger partial charge in [-0.15, -0.1) is 0 Å². The zero-order valence-electron chi connectivity index (χ0n) is 10.9. The van der Waals surface area contributed by atoms with Gasteiger partial charge in [0.2, 0.25) is 0 Å². The maximum absolute atomic E-state index is 4.19. The quantitative estimate of drug-likeness (QED) is 0.628. The summed E-state index contributed by atoms with van der Waals surface area (Å²) in [5.41, 5.74) is 1.55. The molecule has 0 saturated carbocycles. The third-order valence-electron chi connectivity index (χ3n) is 2.49. The molecule has 0 bridgehead atoms. The van der Waals surface area contributed by atoms with E-state index in [-0.39, 0.29) is 5.41 Å². The second-order valence-corrected chi connectivity index (χ2v) is 4.65. The number of hydrogen-bond donors (Lipinski definition) is 0. The van der Waals surface area contributed by atoms with Crippen molar-refractivity contribution < 1.29 is 0 Å². The molecule has 0 fully saturated rings. The van der Waals surface area contributed by atoms with Crippen LogP contribution in [-0.4, -0.2) is 4.98 Å². The summed E-state index contributed by atoms with van der Waals surface area (Å²) in [6, 6.07) is 8.49. The zero-order chi connectivity index (χ0) is 12.2. The summed E-state index contributed by atoms with van der Waals surface area (Å²) >= 11 is 0. The van der Waals surface area contributed by atoms with E-state index in [4.69, 9.17) is 0 Å². The summed E-state index contributed by atoms with van der Waals surface area (Å²) < 4.78 is 0. The average molecular weight is 215 g/mol. The van der Waals surface area contributed by atoms with Crippen LogP contribution in [-0.2, 0) is 5.41 Å². The summed E-state index contributed by atoms with van der Waals surface area (Å²) in [5, 5.41) is 2.54. The summed E-state index contributed by atoms with van der Waals surface area (Å²) in [5.74, 6) is 0. The highest BCUT2D eigenvalue weighted by molar-refractivity contribution is 5.85. The smallest absolute Gasteiger partial charge is 0.0349 e. The fourth-order valence-electron chi connectivity index (χ4n) is 1.77. The topological polar surface area (TPSA) is 12.9 Å². The molecule has 0 amide bonds. The van der Waals surface area contributed by atoms with Crippen LogP contribution >= 0.6 is 0 Å². The lowest BCUT2D eigenvalue weighted by Gasteiger charge is -2.20. The van der Waals surface area contributed by atoms with Gasteiger partial charge in [-0.3, -0.25) is 4.98 Å². The van der Waals surface area contributed by atoms with E-state index in [0.717, 1.165) is 0 Å². The lowest BCUT2D eigenvalue weighted by molar-refractivity contribution is 0.596. The largest absolute Gasteiger partial charge is 0.264 e. The van der Waals surface area contributed by atoms with Crippen molar-refractivity contribution in [3.63, 3.8) is 0 Å². The van der Waals surface area contributed by atoms with Crippen LogP contribution in [0.25, 0.3) is 10.8 Å². The van der Waals surface area contributed by atoms with Crippen LogP contribution in [0.1, 0.15) is 40.2 Å². The van der Waals surface area contributed by atoms with Gasteiger partial charge >= 0.3 is 0 Å². The van der Waals surface area contributed by atoms with Gasteiger partial charge in [-0.2, -0.15) is 0 Å². The van der Waals surface area contributed by atoms with Crippen molar-refractivity contribution in [1.82, 2.24) is 4.98 Å². The SMILES string of the molecule is CC.CC(C)(C)c1cccc2ccncc12. The summed E-state index contributed by atoms with van der Waals surface area (Å²) in [6.45, 7) is 10.7. The van der Waals surface area contributed by atoms with Crippen molar-refractivity contribution in [2.45, 2.75) is 40.0 Å². The molecule has 0 unspecified atom stereocenters. The van der Waals surface area contributed by atoms with Crippen LogP contribution in [0, 0.1) is 0 Å². The predicted octanol–water partition coefficient (Wildman–Crippen LogP) is 4.56. The molecule has 0 aliphatic rings. The Morgan fingerprint density at radius 3 is 2.31 bits per heavy atom. The molecule has 0 aliphatic carbocycles. The van der Waals surface area contributed by atoms with Gasteiger partial charge in [-0.05, 0) is 22.4 Å². The Morgan fingerprint density at radius 2 is 1.69 bits per heavy atom. The Kier molecular flexibility index (Phi) is 4.05. The Hall–Kier alpha value is -1.37.